The highest BCUT2D eigenvalue weighted by Gasteiger charge is 2.16. The second kappa shape index (κ2) is 5.00. The van der Waals surface area contributed by atoms with Crippen LogP contribution in [0.1, 0.15) is 32.6 Å². The summed E-state index contributed by atoms with van der Waals surface area (Å²) in [4.78, 5) is 2.56. The number of hydrogen-bond acceptors (Lipinski definition) is 1. The second-order valence-corrected chi connectivity index (χ2v) is 3.80. The van der Waals surface area contributed by atoms with Crippen LogP contribution in [0.3, 0.4) is 0 Å². The Labute approximate surface area is 74.7 Å². The minimum atomic E-state index is 0.798. The molecule has 1 rings (SSSR count). The molecule has 0 bridgehead atoms. The van der Waals surface area contributed by atoms with E-state index in [0.717, 1.165) is 18.3 Å². The van der Waals surface area contributed by atoms with Crippen molar-refractivity contribution in [2.45, 2.75) is 38.6 Å². The summed E-state index contributed by atoms with van der Waals surface area (Å²) in [5, 5.41) is 0. The molecule has 1 aliphatic rings. The van der Waals surface area contributed by atoms with Crippen molar-refractivity contribution in [2.24, 2.45) is 0 Å². The highest BCUT2D eigenvalue weighted by Crippen LogP contribution is 2.16. The quantitative estimate of drug-likeness (QED) is 0.596. The highest BCUT2D eigenvalue weighted by atomic mass is 35.5. The van der Waals surface area contributed by atoms with Crippen LogP contribution in [0.2, 0.25) is 0 Å². The largest absolute Gasteiger partial charge is 0.301 e. The molecule has 0 aromatic carbocycles. The van der Waals surface area contributed by atoms with E-state index in [2.05, 4.69) is 11.8 Å². The number of rotatable bonds is 3. The summed E-state index contributed by atoms with van der Waals surface area (Å²) >= 11 is 5.64. The zero-order chi connectivity index (χ0) is 8.10. The molecular formula is C9H18ClN. The van der Waals surface area contributed by atoms with Crippen LogP contribution in [0, 0.1) is 0 Å². The van der Waals surface area contributed by atoms with E-state index in [0.29, 0.717) is 0 Å². The van der Waals surface area contributed by atoms with Crippen LogP contribution in [0.5, 0.6) is 0 Å². The zero-order valence-corrected chi connectivity index (χ0v) is 8.11. The second-order valence-electron chi connectivity index (χ2n) is 3.42. The molecule has 1 saturated heterocycles. The summed E-state index contributed by atoms with van der Waals surface area (Å²) in [5.41, 5.74) is 0. The van der Waals surface area contributed by atoms with Crippen molar-refractivity contribution in [3.05, 3.63) is 0 Å². The average molecular weight is 176 g/mol. The maximum atomic E-state index is 5.64. The van der Waals surface area contributed by atoms with Crippen LogP contribution < -0.4 is 0 Å². The van der Waals surface area contributed by atoms with Crippen LogP contribution >= 0.6 is 11.6 Å². The van der Waals surface area contributed by atoms with Gasteiger partial charge in [-0.3, -0.25) is 0 Å². The van der Waals surface area contributed by atoms with Crippen molar-refractivity contribution in [3.8, 4) is 0 Å². The fourth-order valence-electron chi connectivity index (χ4n) is 1.75. The van der Waals surface area contributed by atoms with Crippen LogP contribution in [0.15, 0.2) is 0 Å². The van der Waals surface area contributed by atoms with E-state index in [1.165, 1.54) is 32.4 Å². The molecule has 1 aliphatic heterocycles. The van der Waals surface area contributed by atoms with Gasteiger partial charge in [0.1, 0.15) is 0 Å². The smallest absolute Gasteiger partial charge is 0.0235 e. The molecule has 0 radical (unpaired) electrons. The molecule has 1 fully saturated rings. The van der Waals surface area contributed by atoms with Gasteiger partial charge >= 0.3 is 0 Å². The molecule has 1 heterocycles. The Morgan fingerprint density at radius 3 is 2.91 bits per heavy atom. The van der Waals surface area contributed by atoms with Crippen molar-refractivity contribution < 1.29 is 0 Å². The standard InChI is InChI=1S/C9H18ClN/c1-9-5-2-3-7-11(9)8-4-6-10/h9H,2-8H2,1H3. The topological polar surface area (TPSA) is 3.24 Å². The predicted molar refractivity (Wildman–Crippen MR) is 50.2 cm³/mol. The van der Waals surface area contributed by atoms with Crippen LogP contribution in [-0.2, 0) is 0 Å². The maximum Gasteiger partial charge on any atom is 0.0235 e. The Hall–Kier alpha value is 0.250. The molecule has 0 saturated carbocycles. The minimum absolute atomic E-state index is 0.798. The monoisotopic (exact) mass is 175 g/mol. The van der Waals surface area contributed by atoms with Gasteiger partial charge in [0.05, 0.1) is 0 Å². The molecule has 1 unspecified atom stereocenters. The van der Waals surface area contributed by atoms with E-state index in [4.69, 9.17) is 11.6 Å². The maximum absolute atomic E-state index is 5.64. The van der Waals surface area contributed by atoms with E-state index in [9.17, 15) is 0 Å². The van der Waals surface area contributed by atoms with Gasteiger partial charge < -0.3 is 4.90 Å². The summed E-state index contributed by atoms with van der Waals surface area (Å²) in [6.07, 6.45) is 5.32. The molecule has 1 atom stereocenters. The number of piperidine rings is 1. The van der Waals surface area contributed by atoms with Gasteiger partial charge in [-0.15, -0.1) is 11.6 Å². The first-order valence-corrected chi connectivity index (χ1v) is 5.18. The number of hydrogen-bond donors (Lipinski definition) is 0. The van der Waals surface area contributed by atoms with Crippen LogP contribution in [-0.4, -0.2) is 29.9 Å². The third-order valence-electron chi connectivity index (χ3n) is 2.52. The van der Waals surface area contributed by atoms with Crippen molar-refractivity contribution in [3.63, 3.8) is 0 Å². The first-order valence-electron chi connectivity index (χ1n) is 4.64. The lowest BCUT2D eigenvalue weighted by molar-refractivity contribution is 0.161. The summed E-state index contributed by atoms with van der Waals surface area (Å²) in [6, 6.07) is 0.798. The van der Waals surface area contributed by atoms with Gasteiger partial charge in [0.25, 0.3) is 0 Å². The lowest BCUT2D eigenvalue weighted by Crippen LogP contribution is -2.38. The summed E-state index contributed by atoms with van der Waals surface area (Å²) in [5.74, 6) is 0.809. The number of alkyl halides is 1. The van der Waals surface area contributed by atoms with Gasteiger partial charge in [-0.2, -0.15) is 0 Å². The number of likely N-dealkylation sites (tertiary alicyclic amines) is 1. The fraction of sp³-hybridized carbons (Fsp3) is 1.00. The van der Waals surface area contributed by atoms with Crippen LogP contribution in [0.25, 0.3) is 0 Å². The normalized spacial score (nSPS) is 27.3. The summed E-state index contributed by atoms with van der Waals surface area (Å²) < 4.78 is 0. The highest BCUT2D eigenvalue weighted by molar-refractivity contribution is 6.17. The molecule has 0 aromatic rings. The van der Waals surface area contributed by atoms with Gasteiger partial charge in [-0.25, -0.2) is 0 Å². The Morgan fingerprint density at radius 1 is 1.45 bits per heavy atom. The first kappa shape index (κ1) is 9.34. The molecule has 2 heteroatoms. The molecule has 0 amide bonds. The van der Waals surface area contributed by atoms with Crippen molar-refractivity contribution in [2.75, 3.05) is 19.0 Å². The molecule has 0 aromatic heterocycles. The molecule has 0 spiro atoms. The average Bonchev–Trinajstić information content (AvgIpc) is 2.03. The van der Waals surface area contributed by atoms with Gasteiger partial charge in [0.2, 0.25) is 0 Å². The Kier molecular flexibility index (Phi) is 4.24. The molecular weight excluding hydrogens is 158 g/mol. The molecule has 0 N–H and O–H groups in total. The summed E-state index contributed by atoms with van der Waals surface area (Å²) in [7, 11) is 0. The third-order valence-corrected chi connectivity index (χ3v) is 2.79. The van der Waals surface area contributed by atoms with E-state index >= 15 is 0 Å². The van der Waals surface area contributed by atoms with Crippen molar-refractivity contribution in [1.82, 2.24) is 4.90 Å². The van der Waals surface area contributed by atoms with Gasteiger partial charge in [-0.05, 0) is 39.3 Å². The predicted octanol–water partition coefficient (Wildman–Crippen LogP) is 2.49. The number of halogens is 1. The third kappa shape index (κ3) is 3.00. The first-order chi connectivity index (χ1) is 5.34. The molecule has 0 aliphatic carbocycles. The fourth-order valence-corrected chi connectivity index (χ4v) is 1.87. The minimum Gasteiger partial charge on any atom is -0.301 e. The van der Waals surface area contributed by atoms with Gasteiger partial charge in [0.15, 0.2) is 0 Å². The zero-order valence-electron chi connectivity index (χ0n) is 7.35. The molecule has 11 heavy (non-hydrogen) atoms. The lowest BCUT2D eigenvalue weighted by Gasteiger charge is -2.33. The lowest BCUT2D eigenvalue weighted by atomic mass is 10.0. The van der Waals surface area contributed by atoms with Gasteiger partial charge in [0, 0.05) is 11.9 Å². The van der Waals surface area contributed by atoms with Crippen molar-refractivity contribution in [1.29, 1.82) is 0 Å². The van der Waals surface area contributed by atoms with Gasteiger partial charge in [-0.1, -0.05) is 6.42 Å². The van der Waals surface area contributed by atoms with Crippen molar-refractivity contribution >= 4 is 11.6 Å². The van der Waals surface area contributed by atoms with E-state index in [-0.39, 0.29) is 0 Å². The van der Waals surface area contributed by atoms with E-state index < -0.39 is 0 Å². The van der Waals surface area contributed by atoms with E-state index in [1.807, 2.05) is 0 Å². The van der Waals surface area contributed by atoms with E-state index in [1.54, 1.807) is 0 Å². The molecule has 1 nitrogen and oxygen atoms in total. The Bertz CT molecular complexity index is 106. The molecule has 66 valence electrons. The SMILES string of the molecule is CC1CCCCN1CCCCl. The Balaban J connectivity index is 2.18. The van der Waals surface area contributed by atoms with Crippen LogP contribution in [0.4, 0.5) is 0 Å². The Morgan fingerprint density at radius 2 is 2.27 bits per heavy atom. The summed E-state index contributed by atoms with van der Waals surface area (Å²) in [6.45, 7) is 4.82. The number of nitrogens with zero attached hydrogens (tertiary/aromatic N) is 1.